The highest BCUT2D eigenvalue weighted by Gasteiger charge is 2.15. The Morgan fingerprint density at radius 3 is 1.15 bits per heavy atom. The Bertz CT molecular complexity index is 1010. The summed E-state index contributed by atoms with van der Waals surface area (Å²) in [6.07, 6.45) is 3.39. The van der Waals surface area contributed by atoms with Gasteiger partial charge < -0.3 is 0 Å². The van der Waals surface area contributed by atoms with E-state index in [9.17, 15) is 13.2 Å². The maximum Gasteiger partial charge on any atom is 0.123 e. The lowest BCUT2D eigenvalue weighted by Gasteiger charge is -2.15. The van der Waals surface area contributed by atoms with E-state index in [1.165, 1.54) is 36.4 Å². The van der Waals surface area contributed by atoms with Crippen LogP contribution in [0.1, 0.15) is 0 Å². The number of nitrogens with zero attached hydrogens (tertiary/aromatic N) is 1. The molecular weight excluding hydrogens is 347 g/mol. The molecule has 4 aromatic rings. The van der Waals surface area contributed by atoms with Crippen molar-refractivity contribution in [1.29, 1.82) is 0 Å². The molecule has 0 aliphatic carbocycles. The predicted molar refractivity (Wildman–Crippen MR) is 100 cm³/mol. The summed E-state index contributed by atoms with van der Waals surface area (Å²) in [6, 6.07) is 18.4. The van der Waals surface area contributed by atoms with E-state index in [1.807, 2.05) is 0 Å². The second-order valence-corrected chi connectivity index (χ2v) is 6.13. The SMILES string of the molecule is Fc1ccc(-c2cncc(-c3ccc(F)cc3)c2-c2ccc(F)cc2)cc1. The van der Waals surface area contributed by atoms with Crippen molar-refractivity contribution < 1.29 is 13.2 Å². The fourth-order valence-electron chi connectivity index (χ4n) is 3.08. The second kappa shape index (κ2) is 7.08. The van der Waals surface area contributed by atoms with Gasteiger partial charge in [-0.05, 0) is 53.1 Å². The van der Waals surface area contributed by atoms with E-state index >= 15 is 0 Å². The van der Waals surface area contributed by atoms with Crippen LogP contribution in [0.15, 0.2) is 85.2 Å². The zero-order chi connectivity index (χ0) is 18.8. The Labute approximate surface area is 154 Å². The predicted octanol–water partition coefficient (Wildman–Crippen LogP) is 6.50. The van der Waals surface area contributed by atoms with Gasteiger partial charge in [0.25, 0.3) is 0 Å². The van der Waals surface area contributed by atoms with Crippen molar-refractivity contribution in [3.05, 3.63) is 103 Å². The first-order valence-electron chi connectivity index (χ1n) is 8.37. The van der Waals surface area contributed by atoms with Gasteiger partial charge in [-0.25, -0.2) is 13.2 Å². The van der Waals surface area contributed by atoms with Gasteiger partial charge in [-0.2, -0.15) is 0 Å². The summed E-state index contributed by atoms with van der Waals surface area (Å²) < 4.78 is 40.2. The summed E-state index contributed by atoms with van der Waals surface area (Å²) in [5, 5.41) is 0. The molecule has 3 aromatic carbocycles. The molecule has 0 saturated carbocycles. The highest BCUT2D eigenvalue weighted by atomic mass is 19.1. The topological polar surface area (TPSA) is 12.9 Å². The third-order valence-corrected chi connectivity index (χ3v) is 4.39. The van der Waals surface area contributed by atoms with E-state index in [0.29, 0.717) is 0 Å². The molecule has 132 valence electrons. The summed E-state index contributed by atoms with van der Waals surface area (Å²) in [4.78, 5) is 4.32. The number of hydrogen-bond donors (Lipinski definition) is 0. The van der Waals surface area contributed by atoms with Gasteiger partial charge in [-0.15, -0.1) is 0 Å². The summed E-state index contributed by atoms with van der Waals surface area (Å²) >= 11 is 0. The summed E-state index contributed by atoms with van der Waals surface area (Å²) in [6.45, 7) is 0. The Morgan fingerprint density at radius 2 is 0.778 bits per heavy atom. The Hall–Kier alpha value is -3.40. The molecule has 0 atom stereocenters. The first-order chi connectivity index (χ1) is 13.1. The zero-order valence-electron chi connectivity index (χ0n) is 14.2. The maximum absolute atomic E-state index is 13.4. The van der Waals surface area contributed by atoms with Gasteiger partial charge in [0.1, 0.15) is 17.5 Å². The van der Waals surface area contributed by atoms with Crippen LogP contribution in [0.3, 0.4) is 0 Å². The van der Waals surface area contributed by atoms with Crippen LogP contribution in [-0.2, 0) is 0 Å². The van der Waals surface area contributed by atoms with Crippen molar-refractivity contribution in [3.8, 4) is 33.4 Å². The van der Waals surface area contributed by atoms with Crippen LogP contribution in [0.4, 0.5) is 13.2 Å². The largest absolute Gasteiger partial charge is 0.263 e. The van der Waals surface area contributed by atoms with Gasteiger partial charge in [0.15, 0.2) is 0 Å². The number of aromatic nitrogens is 1. The number of halogens is 3. The number of rotatable bonds is 3. The van der Waals surface area contributed by atoms with Crippen LogP contribution in [0.5, 0.6) is 0 Å². The Balaban J connectivity index is 1.99. The Kier molecular flexibility index (Phi) is 4.47. The minimum Gasteiger partial charge on any atom is -0.263 e. The average Bonchev–Trinajstić information content (AvgIpc) is 2.69. The lowest BCUT2D eigenvalue weighted by Crippen LogP contribution is -1.93. The third kappa shape index (κ3) is 3.47. The summed E-state index contributed by atoms with van der Waals surface area (Å²) in [7, 11) is 0. The van der Waals surface area contributed by atoms with E-state index in [2.05, 4.69) is 4.98 Å². The lowest BCUT2D eigenvalue weighted by molar-refractivity contribution is 0.627. The van der Waals surface area contributed by atoms with Crippen LogP contribution in [0.2, 0.25) is 0 Å². The van der Waals surface area contributed by atoms with Crippen molar-refractivity contribution in [2.75, 3.05) is 0 Å². The molecule has 0 N–H and O–H groups in total. The number of hydrogen-bond acceptors (Lipinski definition) is 1. The van der Waals surface area contributed by atoms with Gasteiger partial charge in [0, 0.05) is 29.1 Å². The molecule has 0 radical (unpaired) electrons. The smallest absolute Gasteiger partial charge is 0.123 e. The van der Waals surface area contributed by atoms with Crippen LogP contribution in [0.25, 0.3) is 33.4 Å². The molecule has 1 heterocycles. The molecule has 0 aliphatic rings. The standard InChI is InChI=1S/C23H14F3N/c24-18-7-1-15(2-8-18)21-13-27-14-22(16-3-9-19(25)10-4-16)23(21)17-5-11-20(26)12-6-17/h1-14H. The van der Waals surface area contributed by atoms with Crippen molar-refractivity contribution in [3.63, 3.8) is 0 Å². The minimum atomic E-state index is -0.334. The Morgan fingerprint density at radius 1 is 0.444 bits per heavy atom. The molecule has 0 spiro atoms. The molecule has 0 aliphatic heterocycles. The quantitative estimate of drug-likeness (QED) is 0.406. The fourth-order valence-corrected chi connectivity index (χ4v) is 3.08. The van der Waals surface area contributed by atoms with Crippen LogP contribution < -0.4 is 0 Å². The molecule has 0 saturated heterocycles. The summed E-state index contributed by atoms with van der Waals surface area (Å²) in [5.74, 6) is -0.992. The van der Waals surface area contributed by atoms with Gasteiger partial charge in [-0.1, -0.05) is 36.4 Å². The normalized spacial score (nSPS) is 10.8. The van der Waals surface area contributed by atoms with Crippen LogP contribution >= 0.6 is 0 Å². The highest BCUT2D eigenvalue weighted by Crippen LogP contribution is 2.39. The molecule has 0 unspecified atom stereocenters. The zero-order valence-corrected chi connectivity index (χ0v) is 14.2. The molecule has 1 aromatic heterocycles. The molecule has 0 amide bonds. The average molecular weight is 361 g/mol. The first-order valence-corrected chi connectivity index (χ1v) is 8.37. The molecular formula is C23H14F3N. The minimum absolute atomic E-state index is 0.329. The van der Waals surface area contributed by atoms with Crippen molar-refractivity contribution in [2.45, 2.75) is 0 Å². The molecule has 4 rings (SSSR count). The van der Waals surface area contributed by atoms with Crippen LogP contribution in [-0.4, -0.2) is 4.98 Å². The van der Waals surface area contributed by atoms with E-state index in [4.69, 9.17) is 0 Å². The van der Waals surface area contributed by atoms with Crippen LogP contribution in [0, 0.1) is 17.5 Å². The maximum atomic E-state index is 13.4. The highest BCUT2D eigenvalue weighted by molar-refractivity contribution is 5.93. The van der Waals surface area contributed by atoms with E-state index in [1.54, 1.807) is 48.8 Å². The van der Waals surface area contributed by atoms with Crippen molar-refractivity contribution >= 4 is 0 Å². The second-order valence-electron chi connectivity index (χ2n) is 6.13. The van der Waals surface area contributed by atoms with E-state index in [0.717, 1.165) is 33.4 Å². The van der Waals surface area contributed by atoms with Crippen molar-refractivity contribution in [1.82, 2.24) is 4.98 Å². The van der Waals surface area contributed by atoms with E-state index < -0.39 is 0 Å². The monoisotopic (exact) mass is 361 g/mol. The van der Waals surface area contributed by atoms with Gasteiger partial charge >= 0.3 is 0 Å². The molecule has 0 fully saturated rings. The molecule has 27 heavy (non-hydrogen) atoms. The van der Waals surface area contributed by atoms with Gasteiger partial charge in [0.2, 0.25) is 0 Å². The molecule has 4 heteroatoms. The summed E-state index contributed by atoms with van der Waals surface area (Å²) in [5.41, 5.74) is 4.74. The third-order valence-electron chi connectivity index (χ3n) is 4.39. The first kappa shape index (κ1) is 17.0. The molecule has 1 nitrogen and oxygen atoms in total. The number of pyridine rings is 1. The van der Waals surface area contributed by atoms with Gasteiger partial charge in [0.05, 0.1) is 0 Å². The lowest BCUT2D eigenvalue weighted by atomic mass is 9.90. The van der Waals surface area contributed by atoms with Gasteiger partial charge in [-0.3, -0.25) is 4.98 Å². The van der Waals surface area contributed by atoms with E-state index in [-0.39, 0.29) is 17.5 Å². The number of benzene rings is 3. The fraction of sp³-hybridized carbons (Fsp3) is 0. The molecule has 0 bridgehead atoms. The van der Waals surface area contributed by atoms with Crippen molar-refractivity contribution in [2.24, 2.45) is 0 Å².